The zero-order valence-corrected chi connectivity index (χ0v) is 18.5. The molecule has 1 aliphatic heterocycles. The van der Waals surface area contributed by atoms with Gasteiger partial charge in [0.1, 0.15) is 11.4 Å². The molecule has 5 nitrogen and oxygen atoms in total. The van der Waals surface area contributed by atoms with Crippen molar-refractivity contribution in [2.45, 2.75) is 75.4 Å². The molecule has 32 heavy (non-hydrogen) atoms. The predicted octanol–water partition coefficient (Wildman–Crippen LogP) is 3.87. The standard InChI is InChI=1S/C27H30O5/c1-3-27(30)11-9-20-18-8-10-26(29)13-17(28)5-6-21(26)24(18)19(14-25(20,27)2)16-4-7-22-23(12-16)32-15-31-22/h1,4,7,12,18-20,29-30H,5-6,8-11,13-15H2,2H3/t18-,19+,20-,25-,26+,27-/m0/s1. The molecule has 1 heterocycles. The maximum absolute atomic E-state index is 12.3. The van der Waals surface area contributed by atoms with E-state index in [-0.39, 0.29) is 36.8 Å². The van der Waals surface area contributed by atoms with E-state index in [1.807, 2.05) is 12.1 Å². The van der Waals surface area contributed by atoms with Crippen LogP contribution in [0.3, 0.4) is 0 Å². The molecule has 3 saturated carbocycles. The zero-order chi connectivity index (χ0) is 22.3. The van der Waals surface area contributed by atoms with Crippen molar-refractivity contribution in [2.75, 3.05) is 6.79 Å². The van der Waals surface area contributed by atoms with Gasteiger partial charge in [-0.2, -0.15) is 0 Å². The molecule has 0 bridgehead atoms. The Kier molecular flexibility index (Phi) is 4.20. The van der Waals surface area contributed by atoms with E-state index < -0.39 is 16.6 Å². The lowest BCUT2D eigenvalue weighted by Crippen LogP contribution is -2.53. The molecule has 5 aliphatic rings. The van der Waals surface area contributed by atoms with Gasteiger partial charge in [-0.15, -0.1) is 6.42 Å². The fourth-order valence-electron chi connectivity index (χ4n) is 7.77. The molecule has 6 atom stereocenters. The van der Waals surface area contributed by atoms with Gasteiger partial charge in [-0.3, -0.25) is 4.79 Å². The second-order valence-corrected chi connectivity index (χ2v) is 10.8. The van der Waals surface area contributed by atoms with Crippen LogP contribution in [-0.2, 0) is 4.79 Å². The number of Topliss-reactive ketones (excluding diaryl/α,β-unsaturated/α-hetero) is 1. The molecular weight excluding hydrogens is 404 g/mol. The summed E-state index contributed by atoms with van der Waals surface area (Å²) in [5.74, 6) is 4.94. The maximum atomic E-state index is 12.3. The van der Waals surface area contributed by atoms with E-state index in [1.54, 1.807) is 0 Å². The number of fused-ring (bicyclic) bond motifs is 5. The molecule has 6 rings (SSSR count). The van der Waals surface area contributed by atoms with E-state index in [4.69, 9.17) is 15.9 Å². The Bertz CT molecular complexity index is 1080. The molecule has 0 spiro atoms. The van der Waals surface area contributed by atoms with Crippen molar-refractivity contribution >= 4 is 5.78 Å². The van der Waals surface area contributed by atoms with Crippen LogP contribution in [0.1, 0.15) is 69.8 Å². The van der Waals surface area contributed by atoms with E-state index >= 15 is 0 Å². The smallest absolute Gasteiger partial charge is 0.231 e. The van der Waals surface area contributed by atoms with Gasteiger partial charge in [0, 0.05) is 24.2 Å². The van der Waals surface area contributed by atoms with Gasteiger partial charge in [-0.25, -0.2) is 0 Å². The third kappa shape index (κ3) is 2.57. The lowest BCUT2D eigenvalue weighted by molar-refractivity contribution is -0.126. The average Bonchev–Trinajstić information content (AvgIpc) is 3.34. The van der Waals surface area contributed by atoms with Gasteiger partial charge < -0.3 is 19.7 Å². The minimum Gasteiger partial charge on any atom is -0.454 e. The minimum atomic E-state index is -1.13. The van der Waals surface area contributed by atoms with Gasteiger partial charge in [0.25, 0.3) is 0 Å². The fourth-order valence-corrected chi connectivity index (χ4v) is 7.77. The van der Waals surface area contributed by atoms with Crippen LogP contribution in [0.15, 0.2) is 29.3 Å². The molecule has 168 valence electrons. The van der Waals surface area contributed by atoms with Crippen LogP contribution in [0.25, 0.3) is 0 Å². The van der Waals surface area contributed by atoms with E-state index in [0.29, 0.717) is 25.7 Å². The summed E-state index contributed by atoms with van der Waals surface area (Å²) in [5.41, 5.74) is 0.928. The molecule has 0 amide bonds. The Labute approximate surface area is 188 Å². The molecule has 3 fully saturated rings. The number of aliphatic hydroxyl groups is 2. The summed E-state index contributed by atoms with van der Waals surface area (Å²) in [5, 5.41) is 23.1. The van der Waals surface area contributed by atoms with Crippen molar-refractivity contribution < 1.29 is 24.5 Å². The van der Waals surface area contributed by atoms with Crippen molar-refractivity contribution in [3.05, 3.63) is 34.9 Å². The average molecular weight is 435 g/mol. The zero-order valence-electron chi connectivity index (χ0n) is 18.5. The Morgan fingerprint density at radius 2 is 1.94 bits per heavy atom. The van der Waals surface area contributed by atoms with Crippen molar-refractivity contribution in [1.82, 2.24) is 0 Å². The molecule has 0 aromatic heterocycles. The van der Waals surface area contributed by atoms with Gasteiger partial charge in [0.2, 0.25) is 6.79 Å². The topological polar surface area (TPSA) is 76.0 Å². The summed E-state index contributed by atoms with van der Waals surface area (Å²) in [4.78, 5) is 12.3. The molecule has 2 N–H and O–H groups in total. The van der Waals surface area contributed by atoms with Gasteiger partial charge in [-0.1, -0.05) is 24.5 Å². The van der Waals surface area contributed by atoms with Crippen LogP contribution in [-0.4, -0.2) is 34.0 Å². The van der Waals surface area contributed by atoms with Crippen LogP contribution in [0, 0.1) is 29.6 Å². The Balaban J connectivity index is 1.54. The molecule has 1 aromatic rings. The first-order valence-corrected chi connectivity index (χ1v) is 11.9. The summed E-state index contributed by atoms with van der Waals surface area (Å²) in [6.07, 6.45) is 10.9. The molecule has 0 unspecified atom stereocenters. The van der Waals surface area contributed by atoms with Crippen molar-refractivity contribution in [3.63, 3.8) is 0 Å². The number of ketones is 1. The number of carbonyl (C=O) groups is 1. The number of terminal acetylenes is 1. The second-order valence-electron chi connectivity index (χ2n) is 10.8. The summed E-state index contributed by atoms with van der Waals surface area (Å²) >= 11 is 0. The number of ether oxygens (including phenoxy) is 2. The second kappa shape index (κ2) is 6.62. The molecule has 0 saturated heterocycles. The van der Waals surface area contributed by atoms with E-state index in [1.165, 1.54) is 5.57 Å². The first-order chi connectivity index (χ1) is 15.3. The highest BCUT2D eigenvalue weighted by molar-refractivity contribution is 5.82. The monoisotopic (exact) mass is 434 g/mol. The quantitative estimate of drug-likeness (QED) is 0.518. The third-order valence-corrected chi connectivity index (χ3v) is 9.43. The number of carbonyl (C=O) groups excluding carboxylic acids is 1. The van der Waals surface area contributed by atoms with Crippen LogP contribution in [0.5, 0.6) is 11.5 Å². The van der Waals surface area contributed by atoms with Crippen molar-refractivity contribution in [3.8, 4) is 23.8 Å². The lowest BCUT2D eigenvalue weighted by Gasteiger charge is -2.55. The Morgan fingerprint density at radius 1 is 1.12 bits per heavy atom. The maximum Gasteiger partial charge on any atom is 0.231 e. The first kappa shape index (κ1) is 20.3. The summed E-state index contributed by atoms with van der Waals surface area (Å²) < 4.78 is 11.2. The molecular formula is C27H30O5. The largest absolute Gasteiger partial charge is 0.454 e. The normalized spacial score (nSPS) is 42.2. The molecule has 1 aromatic carbocycles. The number of hydrogen-bond acceptors (Lipinski definition) is 5. The minimum absolute atomic E-state index is 0.0174. The predicted molar refractivity (Wildman–Crippen MR) is 118 cm³/mol. The van der Waals surface area contributed by atoms with Crippen molar-refractivity contribution in [1.29, 1.82) is 0 Å². The number of benzene rings is 1. The SMILES string of the molecule is C#C[C@]1(O)CC[C@H]2[C@@H]3CC[C@@]4(O)CC(=O)CCC4=C3[C@@H](c3ccc4c(c3)OCO4)C[C@@]21C. The van der Waals surface area contributed by atoms with Gasteiger partial charge in [0.15, 0.2) is 11.5 Å². The molecule has 4 aliphatic carbocycles. The fraction of sp³-hybridized carbons (Fsp3) is 0.593. The third-order valence-electron chi connectivity index (χ3n) is 9.43. The van der Waals surface area contributed by atoms with Gasteiger partial charge in [0.05, 0.1) is 5.60 Å². The Hall–Kier alpha value is -2.29. The van der Waals surface area contributed by atoms with Crippen LogP contribution in [0.2, 0.25) is 0 Å². The van der Waals surface area contributed by atoms with Crippen LogP contribution < -0.4 is 9.47 Å². The Morgan fingerprint density at radius 3 is 2.75 bits per heavy atom. The van der Waals surface area contributed by atoms with Crippen LogP contribution in [0.4, 0.5) is 0 Å². The molecule has 0 radical (unpaired) electrons. The van der Waals surface area contributed by atoms with E-state index in [9.17, 15) is 15.0 Å². The first-order valence-electron chi connectivity index (χ1n) is 11.9. The van der Waals surface area contributed by atoms with E-state index in [0.717, 1.165) is 41.9 Å². The number of allylic oxidation sites excluding steroid dienone is 1. The van der Waals surface area contributed by atoms with E-state index in [2.05, 4.69) is 18.9 Å². The highest BCUT2D eigenvalue weighted by atomic mass is 16.7. The van der Waals surface area contributed by atoms with Gasteiger partial charge >= 0.3 is 0 Å². The highest BCUT2D eigenvalue weighted by Crippen LogP contribution is 2.67. The summed E-state index contributed by atoms with van der Waals surface area (Å²) in [7, 11) is 0. The highest BCUT2D eigenvalue weighted by Gasteiger charge is 2.63. The van der Waals surface area contributed by atoms with Crippen molar-refractivity contribution in [2.24, 2.45) is 17.3 Å². The number of rotatable bonds is 1. The summed E-state index contributed by atoms with van der Waals surface area (Å²) in [6.45, 7) is 2.38. The number of hydrogen-bond donors (Lipinski definition) is 2. The lowest BCUT2D eigenvalue weighted by atomic mass is 9.50. The molecule has 5 heteroatoms. The van der Waals surface area contributed by atoms with Crippen LogP contribution >= 0.6 is 0 Å². The van der Waals surface area contributed by atoms with Gasteiger partial charge in [-0.05, 0) is 73.6 Å². The summed E-state index contributed by atoms with van der Waals surface area (Å²) in [6, 6.07) is 6.08.